The highest BCUT2D eigenvalue weighted by Crippen LogP contribution is 2.37. The van der Waals surface area contributed by atoms with Gasteiger partial charge < -0.3 is 9.31 Å². The first-order valence-electron chi connectivity index (χ1n) is 6.85. The van der Waals surface area contributed by atoms with E-state index in [9.17, 15) is 4.39 Å². The Hall–Kier alpha value is -1.39. The van der Waals surface area contributed by atoms with Gasteiger partial charge in [-0.1, -0.05) is 30.3 Å². The second-order valence-corrected chi connectivity index (χ2v) is 6.27. The highest BCUT2D eigenvalue weighted by atomic mass is 19.1. The average molecular weight is 272 g/mol. The first-order chi connectivity index (χ1) is 9.32. The van der Waals surface area contributed by atoms with Crippen molar-refractivity contribution in [3.8, 4) is 0 Å². The molecule has 0 aliphatic carbocycles. The van der Waals surface area contributed by atoms with Crippen molar-refractivity contribution >= 4 is 23.4 Å². The predicted octanol–water partition coefficient (Wildman–Crippen LogP) is 3.28. The molecule has 0 spiro atoms. The van der Waals surface area contributed by atoms with Crippen LogP contribution in [0.1, 0.15) is 27.7 Å². The Morgan fingerprint density at radius 3 is 2.00 bits per heavy atom. The third kappa shape index (κ3) is 1.95. The van der Waals surface area contributed by atoms with Gasteiger partial charge >= 0.3 is 7.12 Å². The molecule has 20 heavy (non-hydrogen) atoms. The normalized spacial score (nSPS) is 20.6. The van der Waals surface area contributed by atoms with Gasteiger partial charge in [-0.05, 0) is 44.6 Å². The van der Waals surface area contributed by atoms with E-state index in [-0.39, 0.29) is 5.82 Å². The number of benzene rings is 2. The molecule has 4 heteroatoms. The first kappa shape index (κ1) is 13.6. The summed E-state index contributed by atoms with van der Waals surface area (Å²) in [6.07, 6.45) is 0. The molecular formula is C16H18BFO2. The highest BCUT2D eigenvalue weighted by Gasteiger charge is 2.52. The van der Waals surface area contributed by atoms with E-state index in [1.54, 1.807) is 12.1 Å². The molecule has 2 aromatic rings. The van der Waals surface area contributed by atoms with Gasteiger partial charge in [0.25, 0.3) is 0 Å². The molecule has 3 rings (SSSR count). The highest BCUT2D eigenvalue weighted by molar-refractivity contribution is 6.65. The molecule has 2 nitrogen and oxygen atoms in total. The van der Waals surface area contributed by atoms with Crippen LogP contribution in [0.2, 0.25) is 0 Å². The Bertz CT molecular complexity index is 651. The lowest BCUT2D eigenvalue weighted by molar-refractivity contribution is 0.00578. The maximum absolute atomic E-state index is 13.9. The molecule has 1 aliphatic rings. The van der Waals surface area contributed by atoms with Gasteiger partial charge in [-0.15, -0.1) is 0 Å². The molecule has 0 aromatic heterocycles. The summed E-state index contributed by atoms with van der Waals surface area (Å²) in [4.78, 5) is 0. The van der Waals surface area contributed by atoms with Gasteiger partial charge in [0.05, 0.1) is 11.2 Å². The van der Waals surface area contributed by atoms with Crippen LogP contribution in [0, 0.1) is 5.82 Å². The van der Waals surface area contributed by atoms with E-state index >= 15 is 0 Å². The second-order valence-electron chi connectivity index (χ2n) is 6.27. The Balaban J connectivity index is 2.11. The Morgan fingerprint density at radius 1 is 0.850 bits per heavy atom. The fourth-order valence-electron chi connectivity index (χ4n) is 2.46. The van der Waals surface area contributed by atoms with Crippen molar-refractivity contribution in [3.63, 3.8) is 0 Å². The Morgan fingerprint density at radius 2 is 1.40 bits per heavy atom. The Kier molecular flexibility index (Phi) is 2.92. The number of hydrogen-bond donors (Lipinski definition) is 0. The number of hydrogen-bond acceptors (Lipinski definition) is 2. The molecule has 0 saturated carbocycles. The Labute approximate surface area is 119 Å². The molecule has 1 saturated heterocycles. The summed E-state index contributed by atoms with van der Waals surface area (Å²) in [5.41, 5.74) is 0.0842. The average Bonchev–Trinajstić information content (AvgIpc) is 2.59. The van der Waals surface area contributed by atoms with E-state index in [2.05, 4.69) is 0 Å². The van der Waals surface area contributed by atoms with Crippen LogP contribution in [-0.4, -0.2) is 18.3 Å². The van der Waals surface area contributed by atoms with Gasteiger partial charge in [0.1, 0.15) is 5.82 Å². The third-order valence-corrected chi connectivity index (χ3v) is 4.41. The van der Waals surface area contributed by atoms with Gasteiger partial charge in [0.2, 0.25) is 0 Å². The van der Waals surface area contributed by atoms with Gasteiger partial charge in [0, 0.05) is 5.39 Å². The van der Waals surface area contributed by atoms with Gasteiger partial charge in [0.15, 0.2) is 0 Å². The molecule has 104 valence electrons. The molecule has 2 aromatic carbocycles. The third-order valence-electron chi connectivity index (χ3n) is 4.41. The summed E-state index contributed by atoms with van der Waals surface area (Å²) < 4.78 is 26.0. The monoisotopic (exact) mass is 272 g/mol. The number of halogens is 1. The van der Waals surface area contributed by atoms with Crippen LogP contribution in [-0.2, 0) is 9.31 Å². The zero-order valence-corrected chi connectivity index (χ0v) is 12.2. The lowest BCUT2D eigenvalue weighted by Crippen LogP contribution is -2.41. The van der Waals surface area contributed by atoms with Crippen molar-refractivity contribution in [2.45, 2.75) is 38.9 Å². The smallest absolute Gasteiger partial charge is 0.399 e. The lowest BCUT2D eigenvalue weighted by Gasteiger charge is -2.32. The molecule has 1 aliphatic heterocycles. The minimum absolute atomic E-state index is 0.221. The molecule has 1 fully saturated rings. The summed E-state index contributed by atoms with van der Waals surface area (Å²) in [7, 11) is -0.467. The zero-order valence-electron chi connectivity index (χ0n) is 12.2. The fraction of sp³-hybridized carbons (Fsp3) is 0.375. The molecule has 0 unspecified atom stereocenters. The molecular weight excluding hydrogens is 254 g/mol. The van der Waals surface area contributed by atoms with Crippen LogP contribution in [0.4, 0.5) is 4.39 Å². The van der Waals surface area contributed by atoms with Crippen molar-refractivity contribution in [2.24, 2.45) is 0 Å². The molecule has 0 radical (unpaired) electrons. The largest absolute Gasteiger partial charge is 0.495 e. The van der Waals surface area contributed by atoms with Crippen LogP contribution in [0.15, 0.2) is 36.4 Å². The number of fused-ring (bicyclic) bond motifs is 1. The minimum Gasteiger partial charge on any atom is -0.399 e. The van der Waals surface area contributed by atoms with Crippen LogP contribution in [0.25, 0.3) is 10.8 Å². The van der Waals surface area contributed by atoms with Gasteiger partial charge in [-0.3, -0.25) is 0 Å². The standard InChI is InChI=1S/C16H18BFO2/c1-15(2)16(3,4)20-17(19-15)13-9-10-14(18)12-8-6-5-7-11(12)13/h5-10H,1-4H3. The maximum atomic E-state index is 13.9. The summed E-state index contributed by atoms with van der Waals surface area (Å²) >= 11 is 0. The van der Waals surface area contributed by atoms with Crippen molar-refractivity contribution in [1.29, 1.82) is 0 Å². The maximum Gasteiger partial charge on any atom is 0.495 e. The van der Waals surface area contributed by atoms with E-state index in [0.717, 1.165) is 10.8 Å². The van der Waals surface area contributed by atoms with Crippen LogP contribution >= 0.6 is 0 Å². The molecule has 0 amide bonds. The van der Waals surface area contributed by atoms with E-state index in [0.29, 0.717) is 5.39 Å². The first-order valence-corrected chi connectivity index (χ1v) is 6.85. The molecule has 0 N–H and O–H groups in total. The van der Waals surface area contributed by atoms with E-state index in [1.807, 2.05) is 45.9 Å². The van der Waals surface area contributed by atoms with Crippen molar-refractivity contribution in [1.82, 2.24) is 0 Å². The van der Waals surface area contributed by atoms with Crippen molar-refractivity contribution < 1.29 is 13.7 Å². The van der Waals surface area contributed by atoms with Crippen molar-refractivity contribution in [3.05, 3.63) is 42.2 Å². The lowest BCUT2D eigenvalue weighted by atomic mass is 9.76. The summed E-state index contributed by atoms with van der Waals surface area (Å²) in [5.74, 6) is -0.221. The molecule has 1 heterocycles. The van der Waals surface area contributed by atoms with Crippen LogP contribution < -0.4 is 5.46 Å². The van der Waals surface area contributed by atoms with E-state index in [1.165, 1.54) is 6.07 Å². The quantitative estimate of drug-likeness (QED) is 0.742. The van der Waals surface area contributed by atoms with Gasteiger partial charge in [-0.25, -0.2) is 4.39 Å². The summed E-state index contributed by atoms with van der Waals surface area (Å²) in [6, 6.07) is 10.6. The SMILES string of the molecule is CC1(C)OB(c2ccc(F)c3ccccc23)OC1(C)C. The van der Waals surface area contributed by atoms with E-state index in [4.69, 9.17) is 9.31 Å². The zero-order chi connectivity index (χ0) is 14.5. The van der Waals surface area contributed by atoms with Gasteiger partial charge in [-0.2, -0.15) is 0 Å². The predicted molar refractivity (Wildman–Crippen MR) is 79.6 cm³/mol. The van der Waals surface area contributed by atoms with Crippen molar-refractivity contribution in [2.75, 3.05) is 0 Å². The van der Waals surface area contributed by atoms with E-state index < -0.39 is 18.3 Å². The topological polar surface area (TPSA) is 18.5 Å². The fourth-order valence-corrected chi connectivity index (χ4v) is 2.46. The molecule has 0 atom stereocenters. The number of rotatable bonds is 1. The second kappa shape index (κ2) is 4.30. The minimum atomic E-state index is -0.467. The summed E-state index contributed by atoms with van der Waals surface area (Å²) in [5, 5.41) is 1.44. The van der Waals surface area contributed by atoms with Crippen LogP contribution in [0.5, 0.6) is 0 Å². The summed E-state index contributed by atoms with van der Waals surface area (Å²) in [6.45, 7) is 8.05. The molecule has 0 bridgehead atoms. The van der Waals surface area contributed by atoms with Crippen LogP contribution in [0.3, 0.4) is 0 Å².